The molecule has 0 unspecified atom stereocenters. The second kappa shape index (κ2) is 5.15. The minimum Gasteiger partial charge on any atom is -0.336 e. The molecule has 0 aromatic carbocycles. The highest BCUT2D eigenvalue weighted by molar-refractivity contribution is 4.74. The lowest BCUT2D eigenvalue weighted by Gasteiger charge is -2.18. The van der Waals surface area contributed by atoms with Crippen LogP contribution in [0.2, 0.25) is 0 Å². The number of imidazole rings is 1. The summed E-state index contributed by atoms with van der Waals surface area (Å²) < 4.78 is 2.09. The van der Waals surface area contributed by atoms with Gasteiger partial charge in [-0.1, -0.05) is 20.8 Å². The molecule has 1 N–H and O–H groups in total. The van der Waals surface area contributed by atoms with E-state index < -0.39 is 0 Å². The van der Waals surface area contributed by atoms with Gasteiger partial charge in [0.1, 0.15) is 0 Å². The van der Waals surface area contributed by atoms with E-state index >= 15 is 0 Å². The SMILES string of the molecule is CC(C)(C)CCNCCn1ccnc1. The average molecular weight is 195 g/mol. The Morgan fingerprint density at radius 1 is 1.29 bits per heavy atom. The standard InChI is InChI=1S/C11H21N3/c1-11(2,3)4-5-12-6-8-14-9-7-13-10-14/h7,9-10,12H,4-6,8H2,1-3H3. The van der Waals surface area contributed by atoms with E-state index in [0.29, 0.717) is 5.41 Å². The molecular weight excluding hydrogens is 174 g/mol. The van der Waals surface area contributed by atoms with Crippen LogP contribution in [-0.2, 0) is 6.54 Å². The first-order valence-electron chi connectivity index (χ1n) is 5.24. The molecule has 0 atom stereocenters. The van der Waals surface area contributed by atoms with Crippen LogP contribution in [0, 0.1) is 5.41 Å². The third-order valence-corrected chi connectivity index (χ3v) is 2.16. The van der Waals surface area contributed by atoms with Crippen LogP contribution < -0.4 is 5.32 Å². The van der Waals surface area contributed by atoms with Gasteiger partial charge in [-0.3, -0.25) is 0 Å². The summed E-state index contributed by atoms with van der Waals surface area (Å²) in [6.45, 7) is 9.93. The third kappa shape index (κ3) is 5.02. The summed E-state index contributed by atoms with van der Waals surface area (Å²) in [4.78, 5) is 4.00. The molecule has 0 bridgehead atoms. The molecule has 1 heterocycles. The topological polar surface area (TPSA) is 29.9 Å². The van der Waals surface area contributed by atoms with Crippen molar-refractivity contribution in [2.75, 3.05) is 13.1 Å². The smallest absolute Gasteiger partial charge is 0.0946 e. The Labute approximate surface area is 86.5 Å². The van der Waals surface area contributed by atoms with E-state index in [4.69, 9.17) is 0 Å². The van der Waals surface area contributed by atoms with Crippen LogP contribution in [0.1, 0.15) is 27.2 Å². The molecule has 80 valence electrons. The van der Waals surface area contributed by atoms with Gasteiger partial charge in [0.2, 0.25) is 0 Å². The largest absolute Gasteiger partial charge is 0.336 e. The van der Waals surface area contributed by atoms with E-state index in [0.717, 1.165) is 19.6 Å². The van der Waals surface area contributed by atoms with E-state index in [9.17, 15) is 0 Å². The zero-order valence-electron chi connectivity index (χ0n) is 9.45. The van der Waals surface area contributed by atoms with E-state index in [1.165, 1.54) is 6.42 Å². The molecule has 0 aliphatic heterocycles. The molecule has 0 spiro atoms. The number of nitrogens with zero attached hydrogens (tertiary/aromatic N) is 2. The van der Waals surface area contributed by atoms with Gasteiger partial charge in [0, 0.05) is 25.5 Å². The van der Waals surface area contributed by atoms with Gasteiger partial charge in [-0.05, 0) is 18.4 Å². The molecule has 14 heavy (non-hydrogen) atoms. The van der Waals surface area contributed by atoms with Gasteiger partial charge >= 0.3 is 0 Å². The van der Waals surface area contributed by atoms with E-state index in [1.54, 1.807) is 0 Å². The Morgan fingerprint density at radius 2 is 2.07 bits per heavy atom. The van der Waals surface area contributed by atoms with Gasteiger partial charge in [-0.15, -0.1) is 0 Å². The fourth-order valence-corrected chi connectivity index (χ4v) is 1.22. The van der Waals surface area contributed by atoms with E-state index in [2.05, 4.69) is 35.6 Å². The lowest BCUT2D eigenvalue weighted by atomic mass is 9.92. The van der Waals surface area contributed by atoms with Gasteiger partial charge in [0.25, 0.3) is 0 Å². The maximum Gasteiger partial charge on any atom is 0.0946 e. The van der Waals surface area contributed by atoms with Crippen LogP contribution in [0.4, 0.5) is 0 Å². The Morgan fingerprint density at radius 3 is 2.64 bits per heavy atom. The van der Waals surface area contributed by atoms with Crippen molar-refractivity contribution in [3.8, 4) is 0 Å². The third-order valence-electron chi connectivity index (χ3n) is 2.16. The van der Waals surface area contributed by atoms with Crippen LogP contribution in [0.3, 0.4) is 0 Å². The molecule has 3 heteroatoms. The van der Waals surface area contributed by atoms with Crippen LogP contribution in [0.5, 0.6) is 0 Å². The molecule has 1 aromatic heterocycles. The quantitative estimate of drug-likeness (QED) is 0.727. The maximum absolute atomic E-state index is 4.00. The number of hydrogen-bond donors (Lipinski definition) is 1. The molecule has 0 fully saturated rings. The van der Waals surface area contributed by atoms with Crippen molar-refractivity contribution in [3.63, 3.8) is 0 Å². The Hall–Kier alpha value is -0.830. The van der Waals surface area contributed by atoms with Crippen LogP contribution in [0.15, 0.2) is 18.7 Å². The molecular formula is C11H21N3. The van der Waals surface area contributed by atoms with Gasteiger partial charge in [0.05, 0.1) is 6.33 Å². The van der Waals surface area contributed by atoms with E-state index in [1.807, 2.05) is 18.7 Å². The van der Waals surface area contributed by atoms with Gasteiger partial charge in [-0.25, -0.2) is 4.98 Å². The molecule has 0 amide bonds. The van der Waals surface area contributed by atoms with Crippen LogP contribution in [0.25, 0.3) is 0 Å². The lowest BCUT2D eigenvalue weighted by Crippen LogP contribution is -2.24. The van der Waals surface area contributed by atoms with Crippen molar-refractivity contribution in [1.29, 1.82) is 0 Å². The highest BCUT2D eigenvalue weighted by Crippen LogP contribution is 2.16. The number of rotatable bonds is 5. The second-order valence-electron chi connectivity index (χ2n) is 4.86. The highest BCUT2D eigenvalue weighted by atomic mass is 15.0. The van der Waals surface area contributed by atoms with Crippen molar-refractivity contribution >= 4 is 0 Å². The summed E-state index contributed by atoms with van der Waals surface area (Å²) >= 11 is 0. The molecule has 0 saturated carbocycles. The zero-order chi connectivity index (χ0) is 10.4. The first-order chi connectivity index (χ1) is 6.58. The monoisotopic (exact) mass is 195 g/mol. The van der Waals surface area contributed by atoms with Gasteiger partial charge in [-0.2, -0.15) is 0 Å². The van der Waals surface area contributed by atoms with Gasteiger partial charge in [0.15, 0.2) is 0 Å². The lowest BCUT2D eigenvalue weighted by molar-refractivity contribution is 0.365. The molecule has 1 aromatic rings. The molecule has 0 radical (unpaired) electrons. The molecule has 0 saturated heterocycles. The summed E-state index contributed by atoms with van der Waals surface area (Å²) in [5.74, 6) is 0. The Kier molecular flexibility index (Phi) is 4.14. The maximum atomic E-state index is 4.00. The fourth-order valence-electron chi connectivity index (χ4n) is 1.22. The van der Waals surface area contributed by atoms with Crippen molar-refractivity contribution in [2.24, 2.45) is 5.41 Å². The summed E-state index contributed by atoms with van der Waals surface area (Å²) in [6, 6.07) is 0. The zero-order valence-corrected chi connectivity index (χ0v) is 9.45. The molecule has 0 aliphatic carbocycles. The summed E-state index contributed by atoms with van der Waals surface area (Å²) in [7, 11) is 0. The predicted molar refractivity (Wildman–Crippen MR) is 59.2 cm³/mol. The van der Waals surface area contributed by atoms with Crippen molar-refractivity contribution < 1.29 is 0 Å². The fraction of sp³-hybridized carbons (Fsp3) is 0.727. The first kappa shape index (κ1) is 11.2. The number of nitrogens with one attached hydrogen (secondary N) is 1. The predicted octanol–water partition coefficient (Wildman–Crippen LogP) is 1.91. The first-order valence-corrected chi connectivity index (χ1v) is 5.24. The summed E-state index contributed by atoms with van der Waals surface area (Å²) in [5.41, 5.74) is 0.433. The molecule has 1 rings (SSSR count). The van der Waals surface area contributed by atoms with Crippen LogP contribution in [-0.4, -0.2) is 22.6 Å². The van der Waals surface area contributed by atoms with Crippen molar-refractivity contribution in [1.82, 2.24) is 14.9 Å². The normalized spacial score (nSPS) is 11.9. The minimum atomic E-state index is 0.433. The van der Waals surface area contributed by atoms with Gasteiger partial charge < -0.3 is 9.88 Å². The molecule has 3 nitrogen and oxygen atoms in total. The van der Waals surface area contributed by atoms with Crippen LogP contribution >= 0.6 is 0 Å². The van der Waals surface area contributed by atoms with Crippen molar-refractivity contribution in [3.05, 3.63) is 18.7 Å². The molecule has 0 aliphatic rings. The highest BCUT2D eigenvalue weighted by Gasteiger charge is 2.08. The Bertz CT molecular complexity index is 234. The second-order valence-corrected chi connectivity index (χ2v) is 4.86. The van der Waals surface area contributed by atoms with E-state index in [-0.39, 0.29) is 0 Å². The summed E-state index contributed by atoms with van der Waals surface area (Å²) in [6.07, 6.45) is 6.88. The number of hydrogen-bond acceptors (Lipinski definition) is 2. The van der Waals surface area contributed by atoms with Crippen molar-refractivity contribution in [2.45, 2.75) is 33.7 Å². The number of aromatic nitrogens is 2. The summed E-state index contributed by atoms with van der Waals surface area (Å²) in [5, 5.41) is 3.43. The average Bonchev–Trinajstić information content (AvgIpc) is 2.54. The minimum absolute atomic E-state index is 0.433. The Balaban J connectivity index is 2.00.